The van der Waals surface area contributed by atoms with E-state index in [-0.39, 0.29) is 18.0 Å². The van der Waals surface area contributed by atoms with Gasteiger partial charge in [0, 0.05) is 5.56 Å². The Labute approximate surface area is 186 Å². The highest BCUT2D eigenvalue weighted by Crippen LogP contribution is 2.38. The van der Waals surface area contributed by atoms with Gasteiger partial charge in [-0.1, -0.05) is 30.3 Å². The summed E-state index contributed by atoms with van der Waals surface area (Å²) in [5.41, 5.74) is 0.284. The van der Waals surface area contributed by atoms with E-state index in [1.54, 1.807) is 0 Å². The number of benzene rings is 3. The predicted octanol–water partition coefficient (Wildman–Crippen LogP) is 2.79. The second kappa shape index (κ2) is 10.9. The van der Waals surface area contributed by atoms with Crippen molar-refractivity contribution >= 4 is 22.6 Å². The highest BCUT2D eigenvalue weighted by molar-refractivity contribution is 5.97. The van der Waals surface area contributed by atoms with Gasteiger partial charge < -0.3 is 29.6 Å². The van der Waals surface area contributed by atoms with E-state index in [0.29, 0.717) is 30.4 Å². The first kappa shape index (κ1) is 22.7. The summed E-state index contributed by atoms with van der Waals surface area (Å²) in [5, 5.41) is 7.51. The zero-order valence-corrected chi connectivity index (χ0v) is 18.3. The Bertz CT molecular complexity index is 1070. The van der Waals surface area contributed by atoms with Gasteiger partial charge in [0.1, 0.15) is 12.4 Å². The van der Waals surface area contributed by atoms with E-state index in [1.807, 2.05) is 42.5 Å². The Hall–Kier alpha value is -3.94. The van der Waals surface area contributed by atoms with Crippen LogP contribution in [0.2, 0.25) is 0 Å². The van der Waals surface area contributed by atoms with E-state index in [1.165, 1.54) is 33.5 Å². The summed E-state index contributed by atoms with van der Waals surface area (Å²) < 4.78 is 21.4. The van der Waals surface area contributed by atoms with E-state index in [9.17, 15) is 9.59 Å². The summed E-state index contributed by atoms with van der Waals surface area (Å²) in [4.78, 5) is 24.5. The van der Waals surface area contributed by atoms with Crippen LogP contribution in [0.4, 0.5) is 0 Å². The first-order valence-corrected chi connectivity index (χ1v) is 10.0. The van der Waals surface area contributed by atoms with Crippen molar-refractivity contribution in [3.05, 3.63) is 60.2 Å². The Morgan fingerprint density at radius 1 is 0.812 bits per heavy atom. The molecule has 32 heavy (non-hydrogen) atoms. The number of amides is 2. The Morgan fingerprint density at radius 2 is 1.50 bits per heavy atom. The van der Waals surface area contributed by atoms with Crippen molar-refractivity contribution in [2.24, 2.45) is 0 Å². The minimum atomic E-state index is -0.438. The zero-order chi connectivity index (χ0) is 22.9. The molecule has 0 saturated carbocycles. The second-order valence-electron chi connectivity index (χ2n) is 6.80. The molecule has 168 valence electrons. The van der Waals surface area contributed by atoms with E-state index >= 15 is 0 Å². The molecule has 0 radical (unpaired) electrons. The number of nitrogens with one attached hydrogen (secondary N) is 2. The third kappa shape index (κ3) is 5.60. The number of carbonyl (C=O) groups is 2. The first-order chi connectivity index (χ1) is 15.5. The number of ether oxygens (including phenoxy) is 4. The lowest BCUT2D eigenvalue weighted by Gasteiger charge is -2.14. The molecule has 0 aliphatic carbocycles. The van der Waals surface area contributed by atoms with Gasteiger partial charge in [-0.15, -0.1) is 0 Å². The molecule has 3 aromatic rings. The average molecular weight is 438 g/mol. The molecule has 0 heterocycles. The molecule has 2 N–H and O–H groups in total. The average Bonchev–Trinajstić information content (AvgIpc) is 2.83. The Morgan fingerprint density at radius 3 is 2.16 bits per heavy atom. The van der Waals surface area contributed by atoms with Crippen molar-refractivity contribution in [3.63, 3.8) is 0 Å². The second-order valence-corrected chi connectivity index (χ2v) is 6.80. The van der Waals surface area contributed by atoms with Crippen LogP contribution >= 0.6 is 0 Å². The number of rotatable bonds is 10. The maximum absolute atomic E-state index is 12.4. The maximum atomic E-state index is 12.4. The quantitative estimate of drug-likeness (QED) is 0.473. The molecular formula is C24H26N2O6. The predicted molar refractivity (Wildman–Crippen MR) is 121 cm³/mol. The first-order valence-electron chi connectivity index (χ1n) is 10.0. The molecule has 0 fully saturated rings. The van der Waals surface area contributed by atoms with Gasteiger partial charge in [-0.05, 0) is 35.0 Å². The monoisotopic (exact) mass is 438 g/mol. The van der Waals surface area contributed by atoms with Gasteiger partial charge in [0.25, 0.3) is 5.91 Å². The van der Waals surface area contributed by atoms with Crippen molar-refractivity contribution in [2.45, 2.75) is 0 Å². The Kier molecular flexibility index (Phi) is 7.75. The van der Waals surface area contributed by atoms with Crippen LogP contribution in [0.5, 0.6) is 23.0 Å². The van der Waals surface area contributed by atoms with Gasteiger partial charge in [0.05, 0.1) is 34.4 Å². The smallest absolute Gasteiger partial charge is 0.251 e. The van der Waals surface area contributed by atoms with E-state index in [4.69, 9.17) is 18.9 Å². The van der Waals surface area contributed by atoms with Crippen LogP contribution in [0, 0.1) is 0 Å². The Balaban J connectivity index is 1.45. The summed E-state index contributed by atoms with van der Waals surface area (Å²) in [6.45, 7) is 0.447. The number of carbonyl (C=O) groups excluding carboxylic acids is 2. The fourth-order valence-corrected chi connectivity index (χ4v) is 3.15. The highest BCUT2D eigenvalue weighted by atomic mass is 16.5. The third-order valence-corrected chi connectivity index (χ3v) is 4.75. The summed E-state index contributed by atoms with van der Waals surface area (Å²) in [5.74, 6) is 1.06. The lowest BCUT2D eigenvalue weighted by molar-refractivity contribution is -0.120. The zero-order valence-electron chi connectivity index (χ0n) is 18.3. The van der Waals surface area contributed by atoms with Crippen molar-refractivity contribution in [1.29, 1.82) is 0 Å². The van der Waals surface area contributed by atoms with Crippen LogP contribution in [0.3, 0.4) is 0 Å². The molecule has 0 aliphatic heterocycles. The van der Waals surface area contributed by atoms with Crippen molar-refractivity contribution in [1.82, 2.24) is 10.6 Å². The van der Waals surface area contributed by atoms with Gasteiger partial charge >= 0.3 is 0 Å². The SMILES string of the molecule is COc1cc(C(=O)NCC(=O)NCCOc2ccc3ccccc3c2)cc(OC)c1OC. The van der Waals surface area contributed by atoms with Crippen LogP contribution in [0.15, 0.2) is 54.6 Å². The number of hydrogen-bond acceptors (Lipinski definition) is 6. The molecule has 0 aromatic heterocycles. The minimum absolute atomic E-state index is 0.175. The highest BCUT2D eigenvalue weighted by Gasteiger charge is 2.17. The van der Waals surface area contributed by atoms with E-state index in [2.05, 4.69) is 10.6 Å². The summed E-state index contributed by atoms with van der Waals surface area (Å²) in [6, 6.07) is 16.9. The van der Waals surface area contributed by atoms with E-state index in [0.717, 1.165) is 16.5 Å². The largest absolute Gasteiger partial charge is 0.493 e. The minimum Gasteiger partial charge on any atom is -0.493 e. The fraction of sp³-hybridized carbons (Fsp3) is 0.250. The van der Waals surface area contributed by atoms with Crippen LogP contribution in [0.1, 0.15) is 10.4 Å². The molecule has 8 heteroatoms. The molecule has 8 nitrogen and oxygen atoms in total. The maximum Gasteiger partial charge on any atom is 0.251 e. The molecule has 3 rings (SSSR count). The van der Waals surface area contributed by atoms with Gasteiger partial charge in [-0.3, -0.25) is 9.59 Å². The molecule has 0 spiro atoms. The van der Waals surface area contributed by atoms with Gasteiger partial charge in [0.2, 0.25) is 11.7 Å². The number of hydrogen-bond donors (Lipinski definition) is 2. The molecule has 0 atom stereocenters. The molecule has 0 saturated heterocycles. The summed E-state index contributed by atoms with van der Waals surface area (Å²) >= 11 is 0. The number of methoxy groups -OCH3 is 3. The third-order valence-electron chi connectivity index (χ3n) is 4.75. The van der Waals surface area contributed by atoms with Crippen LogP contribution in [-0.4, -0.2) is 52.8 Å². The summed E-state index contributed by atoms with van der Waals surface area (Å²) in [7, 11) is 4.41. The van der Waals surface area contributed by atoms with E-state index < -0.39 is 5.91 Å². The molecule has 0 bridgehead atoms. The van der Waals surface area contributed by atoms with Crippen molar-refractivity contribution in [3.8, 4) is 23.0 Å². The molecule has 2 amide bonds. The van der Waals surface area contributed by atoms with Gasteiger partial charge in [-0.25, -0.2) is 0 Å². The molecule has 0 aliphatic rings. The van der Waals surface area contributed by atoms with Gasteiger partial charge in [-0.2, -0.15) is 0 Å². The van der Waals surface area contributed by atoms with Crippen molar-refractivity contribution < 1.29 is 28.5 Å². The lowest BCUT2D eigenvalue weighted by Crippen LogP contribution is -2.38. The standard InChI is InChI=1S/C24H26N2O6/c1-29-20-13-18(14-21(30-2)23(20)31-3)24(28)26-15-22(27)25-10-11-32-19-9-8-16-6-4-5-7-17(16)12-19/h4-9,12-14H,10-11,15H2,1-3H3,(H,25,27)(H,26,28). The van der Waals surface area contributed by atoms with Crippen LogP contribution < -0.4 is 29.6 Å². The molecule has 3 aromatic carbocycles. The summed E-state index contributed by atoms with van der Waals surface area (Å²) in [6.07, 6.45) is 0. The fourth-order valence-electron chi connectivity index (χ4n) is 3.15. The normalized spacial score (nSPS) is 10.3. The van der Waals surface area contributed by atoms with Gasteiger partial charge in [0.15, 0.2) is 11.5 Å². The van der Waals surface area contributed by atoms with Crippen molar-refractivity contribution in [2.75, 3.05) is 41.0 Å². The van der Waals surface area contributed by atoms with Crippen LogP contribution in [0.25, 0.3) is 10.8 Å². The molecular weight excluding hydrogens is 412 g/mol. The topological polar surface area (TPSA) is 95.1 Å². The lowest BCUT2D eigenvalue weighted by atomic mass is 10.1. The van der Waals surface area contributed by atoms with Crippen LogP contribution in [-0.2, 0) is 4.79 Å². The molecule has 0 unspecified atom stereocenters. The number of fused-ring (bicyclic) bond motifs is 1.